The minimum atomic E-state index is -0.361. The van der Waals surface area contributed by atoms with E-state index in [1.807, 2.05) is 26.0 Å². The monoisotopic (exact) mass is 500 g/mol. The van der Waals surface area contributed by atoms with E-state index in [0.29, 0.717) is 22.7 Å². The molecule has 0 fully saturated rings. The Morgan fingerprint density at radius 1 is 1.24 bits per heavy atom. The van der Waals surface area contributed by atoms with Gasteiger partial charge in [-0.05, 0) is 68.2 Å². The van der Waals surface area contributed by atoms with Crippen LogP contribution in [0.4, 0.5) is 5.69 Å². The van der Waals surface area contributed by atoms with Crippen molar-refractivity contribution in [3.63, 3.8) is 0 Å². The molecule has 33 heavy (non-hydrogen) atoms. The first-order valence-corrected chi connectivity index (χ1v) is 13.6. The Hall–Kier alpha value is -2.02. The van der Waals surface area contributed by atoms with Gasteiger partial charge in [0.2, 0.25) is 0 Å². The van der Waals surface area contributed by atoms with E-state index in [0.717, 1.165) is 53.1 Å². The zero-order valence-electron chi connectivity index (χ0n) is 19.4. The van der Waals surface area contributed by atoms with E-state index in [9.17, 15) is 9.59 Å². The summed E-state index contributed by atoms with van der Waals surface area (Å²) in [5.41, 5.74) is 5.83. The molecule has 2 aromatic rings. The number of dihydropyridines is 1. The first-order chi connectivity index (χ1) is 15.8. The SMILES string of the molecule is CCSc1sc(CC)cc1[C@@H]1C(C(=O)Nc2ccc(C)c(Cl)c2)=C(C)NC2=C1C(=O)CCC2. The number of thiophene rings is 1. The van der Waals surface area contributed by atoms with Gasteiger partial charge >= 0.3 is 0 Å². The number of thioether (sulfide) groups is 1. The van der Waals surface area contributed by atoms with E-state index < -0.39 is 0 Å². The maximum absolute atomic E-state index is 13.7. The number of nitrogens with one attached hydrogen (secondary N) is 2. The van der Waals surface area contributed by atoms with Gasteiger partial charge in [0.05, 0.1) is 4.21 Å². The Morgan fingerprint density at radius 2 is 2.03 bits per heavy atom. The zero-order chi connectivity index (χ0) is 23.7. The summed E-state index contributed by atoms with van der Waals surface area (Å²) < 4.78 is 1.20. The number of hydrogen-bond acceptors (Lipinski definition) is 5. The molecule has 2 aliphatic rings. The van der Waals surface area contributed by atoms with Crippen LogP contribution in [0.3, 0.4) is 0 Å². The third kappa shape index (κ3) is 4.79. The molecule has 0 spiro atoms. The summed E-state index contributed by atoms with van der Waals surface area (Å²) in [5.74, 6) is 0.516. The Labute approximate surface area is 208 Å². The third-order valence-corrected chi connectivity index (χ3v) is 9.05. The molecule has 1 amide bonds. The van der Waals surface area contributed by atoms with E-state index in [-0.39, 0.29) is 17.6 Å². The van der Waals surface area contributed by atoms with Gasteiger partial charge in [-0.3, -0.25) is 9.59 Å². The van der Waals surface area contributed by atoms with Crippen molar-refractivity contribution < 1.29 is 9.59 Å². The third-order valence-electron chi connectivity index (χ3n) is 6.16. The van der Waals surface area contributed by atoms with Crippen molar-refractivity contribution in [1.29, 1.82) is 0 Å². The first-order valence-electron chi connectivity index (χ1n) is 11.4. The van der Waals surface area contributed by atoms with E-state index in [2.05, 4.69) is 30.5 Å². The highest BCUT2D eigenvalue weighted by molar-refractivity contribution is 8.01. The molecule has 4 nitrogen and oxygen atoms in total. The Morgan fingerprint density at radius 3 is 2.73 bits per heavy atom. The zero-order valence-corrected chi connectivity index (χ0v) is 21.8. The molecule has 1 atom stereocenters. The van der Waals surface area contributed by atoms with Gasteiger partial charge in [-0.2, -0.15) is 0 Å². The second-order valence-corrected chi connectivity index (χ2v) is 11.5. The van der Waals surface area contributed by atoms with Crippen molar-refractivity contribution in [2.45, 2.75) is 63.5 Å². The van der Waals surface area contributed by atoms with Crippen molar-refractivity contribution in [1.82, 2.24) is 5.32 Å². The van der Waals surface area contributed by atoms with Crippen LogP contribution in [0.1, 0.15) is 62.0 Å². The number of aryl methyl sites for hydroxylation is 2. The van der Waals surface area contributed by atoms with Crippen molar-refractivity contribution >= 4 is 52.1 Å². The van der Waals surface area contributed by atoms with Crippen molar-refractivity contribution in [3.8, 4) is 0 Å². The van der Waals surface area contributed by atoms with E-state index in [1.54, 1.807) is 29.2 Å². The predicted molar refractivity (Wildman–Crippen MR) is 139 cm³/mol. The smallest absolute Gasteiger partial charge is 0.254 e. The van der Waals surface area contributed by atoms with Crippen LogP contribution in [0.15, 0.2) is 51.0 Å². The maximum atomic E-state index is 13.7. The highest BCUT2D eigenvalue weighted by Gasteiger charge is 2.40. The molecule has 0 radical (unpaired) electrons. The molecule has 0 saturated carbocycles. The van der Waals surface area contributed by atoms with Crippen molar-refractivity contribution in [3.05, 3.63) is 67.8 Å². The van der Waals surface area contributed by atoms with Crippen LogP contribution in [0.5, 0.6) is 0 Å². The molecule has 1 aliphatic heterocycles. The van der Waals surface area contributed by atoms with Crippen molar-refractivity contribution in [2.75, 3.05) is 11.1 Å². The standard InChI is InChI=1S/C26H29ClN2O2S2/c1-5-17-13-18(26(33-17)32-6-2)23-22(15(4)28-20-8-7-9-21(30)24(20)23)25(31)29-16-11-10-14(3)19(27)12-16/h10-13,23,28H,5-9H2,1-4H3,(H,29,31)/t23-/m1/s1. The number of anilines is 1. The van der Waals surface area contributed by atoms with Gasteiger partial charge in [0.25, 0.3) is 5.91 Å². The lowest BCUT2D eigenvalue weighted by molar-refractivity contribution is -0.116. The molecule has 4 rings (SSSR count). The molecular weight excluding hydrogens is 472 g/mol. The summed E-state index contributed by atoms with van der Waals surface area (Å²) in [4.78, 5) is 28.2. The number of ketones is 1. The number of benzene rings is 1. The maximum Gasteiger partial charge on any atom is 0.254 e. The molecule has 2 N–H and O–H groups in total. The molecule has 2 heterocycles. The second kappa shape index (κ2) is 10.1. The number of carbonyl (C=O) groups excluding carboxylic acids is 2. The largest absolute Gasteiger partial charge is 0.362 e. The van der Waals surface area contributed by atoms with Crippen LogP contribution in [-0.2, 0) is 16.0 Å². The Bertz CT molecular complexity index is 1180. The number of Topliss-reactive ketones (excluding diaryl/α,β-unsaturated/α-hetero) is 1. The quantitative estimate of drug-likeness (QED) is 0.419. The molecule has 1 aromatic heterocycles. The topological polar surface area (TPSA) is 58.2 Å². The number of carbonyl (C=O) groups is 2. The minimum Gasteiger partial charge on any atom is -0.362 e. The molecule has 174 valence electrons. The highest BCUT2D eigenvalue weighted by Crippen LogP contribution is 2.47. The lowest BCUT2D eigenvalue weighted by Gasteiger charge is -2.34. The summed E-state index contributed by atoms with van der Waals surface area (Å²) in [6, 6.07) is 7.72. The lowest BCUT2D eigenvalue weighted by atomic mass is 9.75. The minimum absolute atomic E-state index is 0.140. The predicted octanol–water partition coefficient (Wildman–Crippen LogP) is 6.99. The first kappa shape index (κ1) is 24.1. The van der Waals surface area contributed by atoms with Gasteiger partial charge in [-0.15, -0.1) is 23.1 Å². The second-order valence-electron chi connectivity index (χ2n) is 8.43. The fourth-order valence-electron chi connectivity index (χ4n) is 4.52. The number of hydrogen-bond donors (Lipinski definition) is 2. The van der Waals surface area contributed by atoms with Gasteiger partial charge in [-0.25, -0.2) is 0 Å². The van der Waals surface area contributed by atoms with Crippen molar-refractivity contribution in [2.24, 2.45) is 0 Å². The van der Waals surface area contributed by atoms with Crippen LogP contribution in [0.2, 0.25) is 5.02 Å². The Kier molecular flexibility index (Phi) is 7.37. The number of rotatable bonds is 6. The molecule has 7 heteroatoms. The molecule has 0 unspecified atom stereocenters. The molecule has 1 aliphatic carbocycles. The van der Waals surface area contributed by atoms with Gasteiger partial charge < -0.3 is 10.6 Å². The number of amides is 1. The van der Waals surface area contributed by atoms with E-state index >= 15 is 0 Å². The van der Waals surface area contributed by atoms with E-state index in [1.165, 1.54) is 9.09 Å². The fraction of sp³-hybridized carbons (Fsp3) is 0.385. The highest BCUT2D eigenvalue weighted by atomic mass is 35.5. The average Bonchev–Trinajstić information content (AvgIpc) is 3.18. The molecule has 1 aromatic carbocycles. The molecule has 0 bridgehead atoms. The van der Waals surface area contributed by atoms with Gasteiger partial charge in [0, 0.05) is 50.5 Å². The van der Waals surface area contributed by atoms with Gasteiger partial charge in [0.1, 0.15) is 0 Å². The summed E-state index contributed by atoms with van der Waals surface area (Å²) in [5, 5.41) is 7.05. The summed E-state index contributed by atoms with van der Waals surface area (Å²) in [7, 11) is 0. The summed E-state index contributed by atoms with van der Waals surface area (Å²) >= 11 is 9.86. The van der Waals surface area contributed by atoms with Crippen LogP contribution in [-0.4, -0.2) is 17.4 Å². The average molecular weight is 501 g/mol. The molecule has 0 saturated heterocycles. The normalized spacial score (nSPS) is 18.3. The Balaban J connectivity index is 1.82. The molecular formula is C26H29ClN2O2S2. The number of halogens is 1. The lowest BCUT2D eigenvalue weighted by Crippen LogP contribution is -2.35. The van der Waals surface area contributed by atoms with Crippen LogP contribution in [0, 0.1) is 6.92 Å². The van der Waals surface area contributed by atoms with Gasteiger partial charge in [0.15, 0.2) is 5.78 Å². The number of allylic oxidation sites excluding steroid dienone is 3. The van der Waals surface area contributed by atoms with E-state index in [4.69, 9.17) is 11.6 Å². The van der Waals surface area contributed by atoms with Gasteiger partial charge in [-0.1, -0.05) is 31.5 Å². The van der Waals surface area contributed by atoms with Crippen LogP contribution in [0.25, 0.3) is 0 Å². The fourth-order valence-corrected chi connectivity index (χ4v) is 7.08. The summed E-state index contributed by atoms with van der Waals surface area (Å²) in [6.07, 6.45) is 3.13. The van der Waals surface area contributed by atoms with Crippen LogP contribution < -0.4 is 10.6 Å². The summed E-state index contributed by atoms with van der Waals surface area (Å²) in [6.45, 7) is 8.14. The van der Waals surface area contributed by atoms with Crippen LogP contribution >= 0.6 is 34.7 Å².